The van der Waals surface area contributed by atoms with Gasteiger partial charge in [0.25, 0.3) is 0 Å². The van der Waals surface area contributed by atoms with Gasteiger partial charge < -0.3 is 9.33 Å². The molecule has 1 aliphatic heterocycles. The molecule has 0 N–H and O–H groups in total. The average molecular weight is 436 g/mol. The van der Waals surface area contributed by atoms with E-state index in [2.05, 4.69) is 66.3 Å². The number of hydrogen-bond donors (Lipinski definition) is 0. The second-order valence-corrected chi connectivity index (χ2v) is 13.6. The number of aromatic nitrogens is 1. The predicted octanol–water partition coefficient (Wildman–Crippen LogP) is 4.67. The summed E-state index contributed by atoms with van der Waals surface area (Å²) in [6, 6.07) is 1.54. The summed E-state index contributed by atoms with van der Waals surface area (Å²) in [7, 11) is -1.68. The molecule has 1 fully saturated rings. The third-order valence-corrected chi connectivity index (χ3v) is 10.2. The monoisotopic (exact) mass is 436 g/mol. The van der Waals surface area contributed by atoms with Crippen molar-refractivity contribution >= 4 is 36.7 Å². The van der Waals surface area contributed by atoms with Crippen LogP contribution in [-0.2, 0) is 4.43 Å². The molecule has 0 amide bonds. The molecule has 6 heteroatoms. The largest absolute Gasteiger partial charge is 0.416 e. The Morgan fingerprint density at radius 3 is 2.73 bits per heavy atom. The number of hydrogen-bond acceptors (Lipinski definition) is 3. The molecule has 0 aromatic carbocycles. The van der Waals surface area contributed by atoms with Gasteiger partial charge in [-0.1, -0.05) is 20.8 Å². The van der Waals surface area contributed by atoms with Crippen LogP contribution < -0.4 is 4.90 Å². The van der Waals surface area contributed by atoms with Crippen molar-refractivity contribution in [2.24, 2.45) is 5.92 Å². The van der Waals surface area contributed by atoms with E-state index in [1.54, 1.807) is 6.07 Å². The first-order chi connectivity index (χ1) is 10.1. The Balaban J connectivity index is 1.93. The third kappa shape index (κ3) is 4.20. The quantitative estimate of drug-likeness (QED) is 0.507. The van der Waals surface area contributed by atoms with Crippen LogP contribution in [-0.4, -0.2) is 33.0 Å². The summed E-state index contributed by atoms with van der Waals surface area (Å²) in [4.78, 5) is 6.50. The smallest absolute Gasteiger partial charge is 0.191 e. The fourth-order valence-electron chi connectivity index (χ4n) is 2.34. The van der Waals surface area contributed by atoms with Gasteiger partial charge in [0.1, 0.15) is 11.6 Å². The van der Waals surface area contributed by atoms with Crippen LogP contribution in [0.15, 0.2) is 12.3 Å². The van der Waals surface area contributed by atoms with Crippen molar-refractivity contribution in [3.63, 3.8) is 0 Å². The van der Waals surface area contributed by atoms with E-state index in [0.29, 0.717) is 5.92 Å². The van der Waals surface area contributed by atoms with E-state index in [1.807, 2.05) is 0 Å². The van der Waals surface area contributed by atoms with Crippen molar-refractivity contribution in [2.45, 2.75) is 45.3 Å². The van der Waals surface area contributed by atoms with E-state index in [9.17, 15) is 4.39 Å². The van der Waals surface area contributed by atoms with Gasteiger partial charge in [0.15, 0.2) is 8.32 Å². The molecular formula is C16H26FIN2OSi. The van der Waals surface area contributed by atoms with Crippen LogP contribution in [0.25, 0.3) is 0 Å². The third-order valence-electron chi connectivity index (χ3n) is 4.86. The Hall–Kier alpha value is -0.213. The van der Waals surface area contributed by atoms with Crippen LogP contribution in [0.2, 0.25) is 18.1 Å². The van der Waals surface area contributed by atoms with E-state index in [1.165, 1.54) is 6.20 Å². The van der Waals surface area contributed by atoms with Gasteiger partial charge in [0.2, 0.25) is 0 Å². The zero-order valence-electron chi connectivity index (χ0n) is 14.1. The lowest BCUT2D eigenvalue weighted by Gasteiger charge is -2.37. The molecule has 124 valence electrons. The summed E-state index contributed by atoms with van der Waals surface area (Å²) in [5.74, 6) is 1.17. The van der Waals surface area contributed by atoms with Gasteiger partial charge in [0, 0.05) is 25.6 Å². The summed E-state index contributed by atoms with van der Waals surface area (Å²) in [5.41, 5.74) is 0. The molecule has 2 heterocycles. The number of halogens is 2. The van der Waals surface area contributed by atoms with E-state index in [0.717, 1.165) is 35.5 Å². The molecular weight excluding hydrogens is 410 g/mol. The summed E-state index contributed by atoms with van der Waals surface area (Å²) in [6.07, 6.45) is 2.42. The standard InChI is InChI=1S/C16H26FIN2OSi/c1-16(2,3)22(4,5)21-11-12-6-7-20(10-12)15-14(18)8-13(17)9-19-15/h8-9,12H,6-7,10-11H2,1-5H3. The molecule has 1 unspecified atom stereocenters. The van der Waals surface area contributed by atoms with Crippen LogP contribution in [0.4, 0.5) is 10.2 Å². The van der Waals surface area contributed by atoms with Gasteiger partial charge in [-0.3, -0.25) is 0 Å². The van der Waals surface area contributed by atoms with Gasteiger partial charge in [-0.05, 0) is 53.2 Å². The number of rotatable bonds is 4. The first-order valence-electron chi connectivity index (χ1n) is 7.80. The van der Waals surface area contributed by atoms with Crippen LogP contribution in [0.1, 0.15) is 27.2 Å². The highest BCUT2D eigenvalue weighted by molar-refractivity contribution is 14.1. The van der Waals surface area contributed by atoms with Crippen molar-refractivity contribution in [2.75, 3.05) is 24.6 Å². The lowest BCUT2D eigenvalue weighted by atomic mass is 10.1. The highest BCUT2D eigenvalue weighted by Crippen LogP contribution is 2.37. The fourth-order valence-corrected chi connectivity index (χ4v) is 4.21. The molecule has 0 radical (unpaired) electrons. The van der Waals surface area contributed by atoms with Crippen molar-refractivity contribution in [3.05, 3.63) is 21.7 Å². The second kappa shape index (κ2) is 6.73. The van der Waals surface area contributed by atoms with Gasteiger partial charge >= 0.3 is 0 Å². The molecule has 0 saturated carbocycles. The number of anilines is 1. The predicted molar refractivity (Wildman–Crippen MR) is 100 cm³/mol. The van der Waals surface area contributed by atoms with Crippen LogP contribution >= 0.6 is 22.6 Å². The van der Waals surface area contributed by atoms with Crippen molar-refractivity contribution in [1.82, 2.24) is 4.98 Å². The SMILES string of the molecule is CC(C)(C)[Si](C)(C)OCC1CCN(c2ncc(F)cc2I)C1. The Labute approximate surface area is 147 Å². The summed E-state index contributed by atoms with van der Waals surface area (Å²) in [6.45, 7) is 14.1. The molecule has 1 aromatic rings. The van der Waals surface area contributed by atoms with Gasteiger partial charge in [0.05, 0.1) is 9.77 Å². The summed E-state index contributed by atoms with van der Waals surface area (Å²) >= 11 is 2.16. The van der Waals surface area contributed by atoms with Crippen LogP contribution in [0, 0.1) is 15.3 Å². The van der Waals surface area contributed by atoms with Crippen molar-refractivity contribution in [3.8, 4) is 0 Å². The van der Waals surface area contributed by atoms with E-state index < -0.39 is 8.32 Å². The molecule has 1 saturated heterocycles. The Bertz CT molecular complexity index is 533. The molecule has 0 aliphatic carbocycles. The zero-order chi connectivity index (χ0) is 16.5. The highest BCUT2D eigenvalue weighted by Gasteiger charge is 2.38. The lowest BCUT2D eigenvalue weighted by Crippen LogP contribution is -2.42. The van der Waals surface area contributed by atoms with Crippen molar-refractivity contribution in [1.29, 1.82) is 0 Å². The van der Waals surface area contributed by atoms with Gasteiger partial charge in [-0.25, -0.2) is 9.37 Å². The minimum absolute atomic E-state index is 0.249. The molecule has 0 bridgehead atoms. The Morgan fingerprint density at radius 2 is 2.14 bits per heavy atom. The minimum Gasteiger partial charge on any atom is -0.416 e. The summed E-state index contributed by atoms with van der Waals surface area (Å²) < 4.78 is 20.4. The zero-order valence-corrected chi connectivity index (χ0v) is 17.3. The number of pyridine rings is 1. The van der Waals surface area contributed by atoms with Gasteiger partial charge in [-0.15, -0.1) is 0 Å². The maximum absolute atomic E-state index is 13.2. The first kappa shape index (κ1) is 18.1. The van der Waals surface area contributed by atoms with E-state index in [4.69, 9.17) is 4.43 Å². The second-order valence-electron chi connectivity index (χ2n) is 7.63. The normalized spacial score (nSPS) is 19.8. The van der Waals surface area contributed by atoms with Crippen LogP contribution in [0.5, 0.6) is 0 Å². The Morgan fingerprint density at radius 1 is 1.45 bits per heavy atom. The van der Waals surface area contributed by atoms with Crippen LogP contribution in [0.3, 0.4) is 0 Å². The van der Waals surface area contributed by atoms with Gasteiger partial charge in [-0.2, -0.15) is 0 Å². The molecule has 1 aromatic heterocycles. The highest BCUT2D eigenvalue weighted by atomic mass is 127. The van der Waals surface area contributed by atoms with E-state index in [-0.39, 0.29) is 10.9 Å². The summed E-state index contributed by atoms with van der Waals surface area (Å²) in [5, 5.41) is 0.249. The maximum atomic E-state index is 13.2. The molecule has 3 nitrogen and oxygen atoms in total. The fraction of sp³-hybridized carbons (Fsp3) is 0.688. The van der Waals surface area contributed by atoms with Crippen molar-refractivity contribution < 1.29 is 8.82 Å². The molecule has 2 rings (SSSR count). The van der Waals surface area contributed by atoms with E-state index >= 15 is 0 Å². The average Bonchev–Trinajstić information content (AvgIpc) is 2.83. The molecule has 22 heavy (non-hydrogen) atoms. The topological polar surface area (TPSA) is 25.4 Å². The molecule has 0 spiro atoms. The number of nitrogens with zero attached hydrogens (tertiary/aromatic N) is 2. The molecule has 1 aliphatic rings. The Kier molecular flexibility index (Phi) is 5.54. The maximum Gasteiger partial charge on any atom is 0.191 e. The molecule has 1 atom stereocenters. The minimum atomic E-state index is -1.68. The lowest BCUT2D eigenvalue weighted by molar-refractivity contribution is 0.238. The first-order valence-corrected chi connectivity index (χ1v) is 11.8.